The maximum absolute atomic E-state index is 10.1. The smallest absolute Gasteiger partial charge is 0.122 e. The number of methoxy groups -OCH3 is 1. The second-order valence-electron chi connectivity index (χ2n) is 5.37. The second-order valence-corrected chi connectivity index (χ2v) is 6.29. The molecule has 0 aliphatic rings. The Morgan fingerprint density at radius 1 is 1.15 bits per heavy atom. The lowest BCUT2D eigenvalue weighted by molar-refractivity contribution is 0.160. The molecule has 1 aromatic carbocycles. The average Bonchev–Trinajstić information content (AvgIpc) is 2.43. The maximum atomic E-state index is 10.1. The third kappa shape index (κ3) is 6.76. The quantitative estimate of drug-likeness (QED) is 0.598. The zero-order valence-corrected chi connectivity index (χ0v) is 14.3. The predicted octanol–water partition coefficient (Wildman–Crippen LogP) is 5.11. The summed E-state index contributed by atoms with van der Waals surface area (Å²) < 4.78 is 6.37. The summed E-state index contributed by atoms with van der Waals surface area (Å²) in [6.45, 7) is 2.23. The molecule has 1 atom stereocenters. The molecule has 1 N–H and O–H groups in total. The van der Waals surface area contributed by atoms with Crippen LogP contribution < -0.4 is 4.74 Å². The van der Waals surface area contributed by atoms with E-state index in [9.17, 15) is 5.11 Å². The highest BCUT2D eigenvalue weighted by Gasteiger charge is 2.10. The standard InChI is InChI=1S/C17H27BrO2/c1-3-4-5-6-7-8-9-16(19)13-14-12-15(18)10-11-17(14)20-2/h10-12,16,19H,3-9,13H2,1-2H3. The molecule has 0 saturated carbocycles. The van der Waals surface area contributed by atoms with Crippen molar-refractivity contribution in [1.82, 2.24) is 0 Å². The van der Waals surface area contributed by atoms with Crippen molar-refractivity contribution in [3.05, 3.63) is 28.2 Å². The Kier molecular flexibility index (Phi) is 8.95. The van der Waals surface area contributed by atoms with Gasteiger partial charge in [0.2, 0.25) is 0 Å². The summed E-state index contributed by atoms with van der Waals surface area (Å²) in [4.78, 5) is 0. The van der Waals surface area contributed by atoms with E-state index in [2.05, 4.69) is 22.9 Å². The second kappa shape index (κ2) is 10.2. The van der Waals surface area contributed by atoms with Crippen LogP contribution in [0.25, 0.3) is 0 Å². The fourth-order valence-electron chi connectivity index (χ4n) is 2.42. The van der Waals surface area contributed by atoms with Gasteiger partial charge in [0, 0.05) is 10.9 Å². The van der Waals surface area contributed by atoms with Crippen molar-refractivity contribution in [2.75, 3.05) is 7.11 Å². The minimum Gasteiger partial charge on any atom is -0.496 e. The van der Waals surface area contributed by atoms with E-state index in [0.29, 0.717) is 6.42 Å². The van der Waals surface area contributed by atoms with Crippen LogP contribution in [0.3, 0.4) is 0 Å². The van der Waals surface area contributed by atoms with Gasteiger partial charge in [-0.05, 0) is 30.2 Å². The Morgan fingerprint density at radius 3 is 2.55 bits per heavy atom. The Labute approximate surface area is 131 Å². The molecular formula is C17H27BrO2. The molecule has 3 heteroatoms. The fraction of sp³-hybridized carbons (Fsp3) is 0.647. The van der Waals surface area contributed by atoms with Gasteiger partial charge in [0.25, 0.3) is 0 Å². The molecule has 0 amide bonds. The first-order valence-electron chi connectivity index (χ1n) is 7.67. The van der Waals surface area contributed by atoms with Gasteiger partial charge >= 0.3 is 0 Å². The van der Waals surface area contributed by atoms with Gasteiger partial charge in [0.05, 0.1) is 13.2 Å². The Bertz CT molecular complexity index is 379. The van der Waals surface area contributed by atoms with Crippen LogP contribution in [0.15, 0.2) is 22.7 Å². The number of rotatable bonds is 10. The van der Waals surface area contributed by atoms with Crippen molar-refractivity contribution < 1.29 is 9.84 Å². The topological polar surface area (TPSA) is 29.5 Å². The Balaban J connectivity index is 2.31. The zero-order valence-electron chi connectivity index (χ0n) is 12.7. The molecule has 0 aliphatic carbocycles. The third-order valence-corrected chi connectivity index (χ3v) is 4.08. The number of unbranched alkanes of at least 4 members (excludes halogenated alkanes) is 5. The molecule has 0 saturated heterocycles. The molecule has 1 unspecified atom stereocenters. The molecule has 0 fully saturated rings. The lowest BCUT2D eigenvalue weighted by Crippen LogP contribution is -2.11. The number of aliphatic hydroxyl groups excluding tert-OH is 1. The van der Waals surface area contributed by atoms with Crippen molar-refractivity contribution >= 4 is 15.9 Å². The fourth-order valence-corrected chi connectivity index (χ4v) is 2.83. The number of benzene rings is 1. The van der Waals surface area contributed by atoms with E-state index >= 15 is 0 Å². The summed E-state index contributed by atoms with van der Waals surface area (Å²) in [6, 6.07) is 5.93. The lowest BCUT2D eigenvalue weighted by atomic mass is 10.0. The van der Waals surface area contributed by atoms with Gasteiger partial charge in [0.1, 0.15) is 5.75 Å². The molecule has 0 aliphatic heterocycles. The normalized spacial score (nSPS) is 12.4. The van der Waals surface area contributed by atoms with Crippen molar-refractivity contribution in [2.45, 2.75) is 64.4 Å². The highest BCUT2D eigenvalue weighted by Crippen LogP contribution is 2.25. The van der Waals surface area contributed by atoms with Gasteiger partial charge in [-0.25, -0.2) is 0 Å². The van der Waals surface area contributed by atoms with E-state index in [1.54, 1.807) is 7.11 Å². The Morgan fingerprint density at radius 2 is 1.85 bits per heavy atom. The minimum atomic E-state index is -0.274. The molecule has 0 bridgehead atoms. The predicted molar refractivity (Wildman–Crippen MR) is 88.4 cm³/mol. The summed E-state index contributed by atoms with van der Waals surface area (Å²) >= 11 is 3.47. The van der Waals surface area contributed by atoms with Gasteiger partial charge < -0.3 is 9.84 Å². The van der Waals surface area contributed by atoms with Crippen LogP contribution >= 0.6 is 15.9 Å². The number of hydrogen-bond donors (Lipinski definition) is 1. The van der Waals surface area contributed by atoms with Gasteiger partial charge in [0.15, 0.2) is 0 Å². The first-order chi connectivity index (χ1) is 9.67. The summed E-state index contributed by atoms with van der Waals surface area (Å²) in [5.41, 5.74) is 1.07. The number of hydrogen-bond acceptors (Lipinski definition) is 2. The first-order valence-corrected chi connectivity index (χ1v) is 8.47. The monoisotopic (exact) mass is 342 g/mol. The van der Waals surface area contributed by atoms with E-state index in [1.165, 1.54) is 32.1 Å². The number of aliphatic hydroxyl groups is 1. The number of ether oxygens (including phenoxy) is 1. The molecule has 0 aromatic heterocycles. The SMILES string of the molecule is CCCCCCCCC(O)Cc1cc(Br)ccc1OC. The molecule has 0 heterocycles. The zero-order chi connectivity index (χ0) is 14.8. The molecule has 1 aromatic rings. The molecule has 114 valence electrons. The van der Waals surface area contributed by atoms with Crippen LogP contribution in [0.1, 0.15) is 57.4 Å². The van der Waals surface area contributed by atoms with Crippen molar-refractivity contribution in [3.8, 4) is 5.75 Å². The maximum Gasteiger partial charge on any atom is 0.122 e. The van der Waals surface area contributed by atoms with E-state index in [-0.39, 0.29) is 6.10 Å². The van der Waals surface area contributed by atoms with Gasteiger partial charge in [-0.15, -0.1) is 0 Å². The molecule has 2 nitrogen and oxygen atoms in total. The Hall–Kier alpha value is -0.540. The average molecular weight is 343 g/mol. The van der Waals surface area contributed by atoms with Crippen LogP contribution in [0.4, 0.5) is 0 Å². The van der Waals surface area contributed by atoms with E-state index in [1.807, 2.05) is 18.2 Å². The largest absolute Gasteiger partial charge is 0.496 e. The van der Waals surface area contributed by atoms with Crippen LogP contribution in [-0.4, -0.2) is 18.3 Å². The highest BCUT2D eigenvalue weighted by molar-refractivity contribution is 9.10. The molecule has 20 heavy (non-hydrogen) atoms. The van der Waals surface area contributed by atoms with Gasteiger partial charge in [-0.2, -0.15) is 0 Å². The van der Waals surface area contributed by atoms with E-state index < -0.39 is 0 Å². The van der Waals surface area contributed by atoms with Crippen molar-refractivity contribution in [1.29, 1.82) is 0 Å². The van der Waals surface area contributed by atoms with Gasteiger partial charge in [-0.3, -0.25) is 0 Å². The van der Waals surface area contributed by atoms with E-state index in [0.717, 1.165) is 28.6 Å². The van der Waals surface area contributed by atoms with Crippen molar-refractivity contribution in [2.24, 2.45) is 0 Å². The van der Waals surface area contributed by atoms with Crippen LogP contribution in [0.2, 0.25) is 0 Å². The van der Waals surface area contributed by atoms with Gasteiger partial charge in [-0.1, -0.05) is 61.4 Å². The third-order valence-electron chi connectivity index (χ3n) is 3.59. The van der Waals surface area contributed by atoms with Crippen LogP contribution in [-0.2, 0) is 6.42 Å². The van der Waals surface area contributed by atoms with Crippen molar-refractivity contribution in [3.63, 3.8) is 0 Å². The van der Waals surface area contributed by atoms with Crippen LogP contribution in [0.5, 0.6) is 5.75 Å². The minimum absolute atomic E-state index is 0.274. The molecule has 1 rings (SSSR count). The summed E-state index contributed by atoms with van der Waals surface area (Å²) in [7, 11) is 1.67. The lowest BCUT2D eigenvalue weighted by Gasteiger charge is -2.14. The molecule has 0 radical (unpaired) electrons. The number of halogens is 1. The molecule has 0 spiro atoms. The van der Waals surface area contributed by atoms with Crippen LogP contribution in [0, 0.1) is 0 Å². The van der Waals surface area contributed by atoms with E-state index in [4.69, 9.17) is 4.74 Å². The highest BCUT2D eigenvalue weighted by atomic mass is 79.9. The molecular weight excluding hydrogens is 316 g/mol. The summed E-state index contributed by atoms with van der Waals surface area (Å²) in [6.07, 6.45) is 8.84. The summed E-state index contributed by atoms with van der Waals surface area (Å²) in [5.74, 6) is 0.857. The summed E-state index contributed by atoms with van der Waals surface area (Å²) in [5, 5.41) is 10.1. The first kappa shape index (κ1) is 17.5.